The lowest BCUT2D eigenvalue weighted by Gasteiger charge is -2.09. The van der Waals surface area contributed by atoms with E-state index in [2.05, 4.69) is 0 Å². The maximum atomic E-state index is 11.9. The van der Waals surface area contributed by atoms with Gasteiger partial charge in [0, 0.05) is 12.1 Å². The summed E-state index contributed by atoms with van der Waals surface area (Å²) in [4.78, 5) is 0. The highest BCUT2D eigenvalue weighted by Crippen LogP contribution is 2.23. The highest BCUT2D eigenvalue weighted by atomic mass is 19.4. The van der Waals surface area contributed by atoms with Gasteiger partial charge in [-0.05, 0) is 24.6 Å². The van der Waals surface area contributed by atoms with Crippen molar-refractivity contribution in [2.75, 3.05) is 12.3 Å². The molecule has 0 aliphatic rings. The molecule has 0 bridgehead atoms. The van der Waals surface area contributed by atoms with Gasteiger partial charge >= 0.3 is 6.18 Å². The summed E-state index contributed by atoms with van der Waals surface area (Å²) in [5, 5.41) is 8.76. The first-order chi connectivity index (χ1) is 7.92. The first-order valence-electron chi connectivity index (χ1n) is 4.91. The van der Waals surface area contributed by atoms with Gasteiger partial charge in [-0.15, -0.1) is 0 Å². The first-order valence-corrected chi connectivity index (χ1v) is 4.91. The molecule has 0 radical (unpaired) electrons. The predicted octanol–water partition coefficient (Wildman–Crippen LogP) is 2.86. The standard InChI is InChI=1S/C11H11F3N2O/c12-11(13,14)4-1-5-17-10-3-2-9(16)6-8(10)7-15/h2-3,6H,1,4-5,16H2. The van der Waals surface area contributed by atoms with Crippen LogP contribution >= 0.6 is 0 Å². The minimum Gasteiger partial charge on any atom is -0.492 e. The van der Waals surface area contributed by atoms with Crippen LogP contribution in [0.2, 0.25) is 0 Å². The third-order valence-corrected chi connectivity index (χ3v) is 1.99. The lowest BCUT2D eigenvalue weighted by molar-refractivity contribution is -0.136. The van der Waals surface area contributed by atoms with E-state index in [1.807, 2.05) is 6.07 Å². The Morgan fingerprint density at radius 1 is 1.35 bits per heavy atom. The average Bonchev–Trinajstić information content (AvgIpc) is 2.24. The summed E-state index contributed by atoms with van der Waals surface area (Å²) in [7, 11) is 0. The van der Waals surface area contributed by atoms with E-state index in [-0.39, 0.29) is 24.3 Å². The summed E-state index contributed by atoms with van der Waals surface area (Å²) < 4.78 is 40.7. The maximum Gasteiger partial charge on any atom is 0.389 e. The molecule has 0 saturated carbocycles. The molecular formula is C11H11F3N2O. The number of hydrogen-bond acceptors (Lipinski definition) is 3. The number of benzene rings is 1. The number of anilines is 1. The molecule has 3 nitrogen and oxygen atoms in total. The molecule has 0 atom stereocenters. The molecule has 0 aromatic heterocycles. The number of hydrogen-bond donors (Lipinski definition) is 1. The van der Waals surface area contributed by atoms with Gasteiger partial charge < -0.3 is 10.5 Å². The fourth-order valence-electron chi connectivity index (χ4n) is 1.22. The minimum atomic E-state index is -4.18. The van der Waals surface area contributed by atoms with Crippen molar-refractivity contribution in [3.05, 3.63) is 23.8 Å². The number of rotatable bonds is 4. The quantitative estimate of drug-likeness (QED) is 0.654. The smallest absolute Gasteiger partial charge is 0.389 e. The van der Waals surface area contributed by atoms with Crippen molar-refractivity contribution in [2.24, 2.45) is 0 Å². The number of alkyl halides is 3. The molecule has 6 heteroatoms. The predicted molar refractivity (Wildman–Crippen MR) is 56.4 cm³/mol. The summed E-state index contributed by atoms with van der Waals surface area (Å²) in [6.07, 6.45) is -5.22. The zero-order valence-electron chi connectivity index (χ0n) is 8.92. The highest BCUT2D eigenvalue weighted by molar-refractivity contribution is 5.53. The molecule has 0 fully saturated rings. The van der Waals surface area contributed by atoms with Gasteiger partial charge in [-0.3, -0.25) is 0 Å². The van der Waals surface area contributed by atoms with E-state index >= 15 is 0 Å². The molecule has 0 spiro atoms. The summed E-state index contributed by atoms with van der Waals surface area (Å²) in [6, 6.07) is 6.28. The third kappa shape index (κ3) is 4.64. The Morgan fingerprint density at radius 2 is 2.06 bits per heavy atom. The van der Waals surface area contributed by atoms with Gasteiger partial charge in [-0.2, -0.15) is 18.4 Å². The van der Waals surface area contributed by atoms with Gasteiger partial charge in [0.25, 0.3) is 0 Å². The van der Waals surface area contributed by atoms with E-state index in [1.165, 1.54) is 18.2 Å². The van der Waals surface area contributed by atoms with Crippen LogP contribution in [-0.2, 0) is 0 Å². The minimum absolute atomic E-state index is 0.0852. The largest absolute Gasteiger partial charge is 0.492 e. The van der Waals surface area contributed by atoms with E-state index in [9.17, 15) is 13.2 Å². The van der Waals surface area contributed by atoms with Crippen molar-refractivity contribution in [3.8, 4) is 11.8 Å². The van der Waals surface area contributed by atoms with Crippen LogP contribution in [0.3, 0.4) is 0 Å². The van der Waals surface area contributed by atoms with Crippen LogP contribution in [-0.4, -0.2) is 12.8 Å². The SMILES string of the molecule is N#Cc1cc(N)ccc1OCCCC(F)(F)F. The maximum absolute atomic E-state index is 11.9. The molecule has 1 aromatic rings. The van der Waals surface area contributed by atoms with Gasteiger partial charge in [0.2, 0.25) is 0 Å². The van der Waals surface area contributed by atoms with Gasteiger partial charge in [-0.25, -0.2) is 0 Å². The molecule has 0 heterocycles. The number of nitriles is 1. The molecule has 17 heavy (non-hydrogen) atoms. The van der Waals surface area contributed by atoms with Crippen molar-refractivity contribution < 1.29 is 17.9 Å². The Balaban J connectivity index is 2.50. The topological polar surface area (TPSA) is 59.0 Å². The van der Waals surface area contributed by atoms with Crippen LogP contribution in [0.15, 0.2) is 18.2 Å². The Bertz CT molecular complexity index is 424. The molecule has 0 unspecified atom stereocenters. The molecule has 1 rings (SSSR count). The molecule has 0 amide bonds. The summed E-state index contributed by atoms with van der Waals surface area (Å²) in [6.45, 7) is -0.0852. The average molecular weight is 244 g/mol. The summed E-state index contributed by atoms with van der Waals surface area (Å²) >= 11 is 0. The molecule has 92 valence electrons. The first kappa shape index (κ1) is 13.2. The molecule has 0 saturated heterocycles. The summed E-state index contributed by atoms with van der Waals surface area (Å²) in [5.41, 5.74) is 6.09. The molecule has 0 aliphatic heterocycles. The molecule has 2 N–H and O–H groups in total. The molecular weight excluding hydrogens is 233 g/mol. The Kier molecular flexibility index (Phi) is 4.21. The Morgan fingerprint density at radius 3 is 2.65 bits per heavy atom. The van der Waals surface area contributed by atoms with E-state index in [0.29, 0.717) is 5.69 Å². The highest BCUT2D eigenvalue weighted by Gasteiger charge is 2.26. The number of ether oxygens (including phenoxy) is 1. The van der Waals surface area contributed by atoms with E-state index in [4.69, 9.17) is 15.7 Å². The fraction of sp³-hybridized carbons (Fsp3) is 0.364. The second-order valence-corrected chi connectivity index (χ2v) is 3.43. The van der Waals surface area contributed by atoms with Gasteiger partial charge in [0.1, 0.15) is 11.8 Å². The summed E-state index contributed by atoms with van der Waals surface area (Å²) in [5.74, 6) is 0.254. The van der Waals surface area contributed by atoms with Crippen molar-refractivity contribution >= 4 is 5.69 Å². The van der Waals surface area contributed by atoms with Crippen LogP contribution in [0.5, 0.6) is 5.75 Å². The van der Waals surface area contributed by atoms with E-state index in [1.54, 1.807) is 0 Å². The normalized spacial score (nSPS) is 10.9. The van der Waals surface area contributed by atoms with E-state index in [0.717, 1.165) is 0 Å². The second kappa shape index (κ2) is 5.43. The van der Waals surface area contributed by atoms with Crippen LogP contribution < -0.4 is 10.5 Å². The van der Waals surface area contributed by atoms with Crippen LogP contribution in [0, 0.1) is 11.3 Å². The van der Waals surface area contributed by atoms with E-state index < -0.39 is 12.6 Å². The van der Waals surface area contributed by atoms with Crippen molar-refractivity contribution in [1.29, 1.82) is 5.26 Å². The number of nitrogens with two attached hydrogens (primary N) is 1. The zero-order valence-corrected chi connectivity index (χ0v) is 8.92. The monoisotopic (exact) mass is 244 g/mol. The Hall–Kier alpha value is -1.90. The lowest BCUT2D eigenvalue weighted by atomic mass is 10.2. The van der Waals surface area contributed by atoms with Gasteiger partial charge in [-0.1, -0.05) is 0 Å². The van der Waals surface area contributed by atoms with Crippen LogP contribution in [0.1, 0.15) is 18.4 Å². The van der Waals surface area contributed by atoms with Gasteiger partial charge in [0.05, 0.1) is 12.2 Å². The molecule has 0 aliphatic carbocycles. The van der Waals surface area contributed by atoms with Crippen molar-refractivity contribution in [1.82, 2.24) is 0 Å². The molecule has 1 aromatic carbocycles. The van der Waals surface area contributed by atoms with Crippen molar-refractivity contribution in [2.45, 2.75) is 19.0 Å². The lowest BCUT2D eigenvalue weighted by Crippen LogP contribution is -2.10. The van der Waals surface area contributed by atoms with Gasteiger partial charge in [0.15, 0.2) is 0 Å². The number of halogens is 3. The zero-order chi connectivity index (χ0) is 12.9. The third-order valence-electron chi connectivity index (χ3n) is 1.99. The second-order valence-electron chi connectivity index (χ2n) is 3.43. The van der Waals surface area contributed by atoms with Crippen LogP contribution in [0.25, 0.3) is 0 Å². The van der Waals surface area contributed by atoms with Crippen molar-refractivity contribution in [3.63, 3.8) is 0 Å². The Labute approximate surface area is 96.6 Å². The fourth-order valence-corrected chi connectivity index (χ4v) is 1.22. The number of nitrogen functional groups attached to an aromatic ring is 1. The van der Waals surface area contributed by atoms with Crippen LogP contribution in [0.4, 0.5) is 18.9 Å². The number of nitrogens with zero attached hydrogens (tertiary/aromatic N) is 1.